The SMILES string of the molecule is CC(C)c1ccc(C(=O)[C@@H]2CCCN2C(=O)OC(C)(C)C)cc1. The maximum atomic E-state index is 12.8. The summed E-state index contributed by atoms with van der Waals surface area (Å²) in [5, 5.41) is 0. The number of carbonyl (C=O) groups is 2. The van der Waals surface area contributed by atoms with Crippen molar-refractivity contribution in [2.75, 3.05) is 6.54 Å². The molecule has 0 bridgehead atoms. The molecule has 0 aromatic heterocycles. The number of hydrogen-bond donors (Lipinski definition) is 0. The lowest BCUT2D eigenvalue weighted by atomic mass is 9.97. The van der Waals surface area contributed by atoms with Gasteiger partial charge in [0.05, 0.1) is 6.04 Å². The van der Waals surface area contributed by atoms with Crippen molar-refractivity contribution in [1.29, 1.82) is 0 Å². The Balaban J connectivity index is 2.12. The lowest BCUT2D eigenvalue weighted by Gasteiger charge is -2.28. The number of ketones is 1. The number of amides is 1. The molecule has 2 rings (SSSR count). The second-order valence-electron chi connectivity index (χ2n) is 7.47. The van der Waals surface area contributed by atoms with Gasteiger partial charge in [0.15, 0.2) is 5.78 Å². The molecule has 0 aliphatic carbocycles. The number of nitrogens with zero attached hydrogens (tertiary/aromatic N) is 1. The summed E-state index contributed by atoms with van der Waals surface area (Å²) in [7, 11) is 0. The van der Waals surface area contributed by atoms with E-state index in [1.165, 1.54) is 5.56 Å². The quantitative estimate of drug-likeness (QED) is 0.777. The molecule has 1 aliphatic heterocycles. The predicted octanol–water partition coefficient (Wildman–Crippen LogP) is 4.39. The summed E-state index contributed by atoms with van der Waals surface area (Å²) in [6.45, 7) is 10.3. The molecule has 1 aromatic rings. The minimum absolute atomic E-state index is 0.00339. The lowest BCUT2D eigenvalue weighted by Crippen LogP contribution is -2.43. The van der Waals surface area contributed by atoms with Gasteiger partial charge in [0.25, 0.3) is 0 Å². The Morgan fingerprint density at radius 2 is 1.78 bits per heavy atom. The summed E-state index contributed by atoms with van der Waals surface area (Å²) in [6.07, 6.45) is 1.14. The number of likely N-dealkylation sites (tertiary alicyclic amines) is 1. The zero-order chi connectivity index (χ0) is 17.2. The van der Waals surface area contributed by atoms with Crippen LogP contribution in [-0.2, 0) is 4.74 Å². The fraction of sp³-hybridized carbons (Fsp3) is 0.579. The molecule has 1 heterocycles. The van der Waals surface area contributed by atoms with Crippen molar-refractivity contribution in [1.82, 2.24) is 4.90 Å². The molecule has 1 saturated heterocycles. The van der Waals surface area contributed by atoms with Crippen molar-refractivity contribution in [3.63, 3.8) is 0 Å². The molecule has 1 fully saturated rings. The fourth-order valence-corrected chi connectivity index (χ4v) is 2.80. The monoisotopic (exact) mass is 317 g/mol. The van der Waals surface area contributed by atoms with Gasteiger partial charge in [-0.3, -0.25) is 9.69 Å². The largest absolute Gasteiger partial charge is 0.444 e. The van der Waals surface area contributed by atoms with E-state index in [0.717, 1.165) is 6.42 Å². The van der Waals surface area contributed by atoms with Crippen LogP contribution in [-0.4, -0.2) is 35.0 Å². The van der Waals surface area contributed by atoms with E-state index in [0.29, 0.717) is 24.4 Å². The van der Waals surface area contributed by atoms with E-state index in [4.69, 9.17) is 4.74 Å². The molecular formula is C19H27NO3. The summed E-state index contributed by atoms with van der Waals surface area (Å²) >= 11 is 0. The summed E-state index contributed by atoms with van der Waals surface area (Å²) < 4.78 is 5.42. The van der Waals surface area contributed by atoms with Crippen molar-refractivity contribution < 1.29 is 14.3 Å². The summed E-state index contributed by atoms with van der Waals surface area (Å²) in [4.78, 5) is 26.6. The zero-order valence-corrected chi connectivity index (χ0v) is 14.8. The second kappa shape index (κ2) is 6.73. The highest BCUT2D eigenvalue weighted by Crippen LogP contribution is 2.24. The van der Waals surface area contributed by atoms with Gasteiger partial charge in [-0.2, -0.15) is 0 Å². The standard InChI is InChI=1S/C19H27NO3/c1-13(2)14-8-10-15(11-9-14)17(21)16-7-6-12-20(16)18(22)23-19(3,4)5/h8-11,13,16H,6-7,12H2,1-5H3/t16-/m0/s1. The Bertz CT molecular complexity index is 569. The molecule has 126 valence electrons. The molecule has 0 saturated carbocycles. The summed E-state index contributed by atoms with van der Waals surface area (Å²) in [5.74, 6) is 0.438. The van der Waals surface area contributed by atoms with Gasteiger partial charge in [-0.05, 0) is 45.1 Å². The van der Waals surface area contributed by atoms with Crippen molar-refractivity contribution in [2.45, 2.75) is 65.0 Å². The molecule has 0 unspecified atom stereocenters. The lowest BCUT2D eigenvalue weighted by molar-refractivity contribution is 0.0222. The fourth-order valence-electron chi connectivity index (χ4n) is 2.80. The van der Waals surface area contributed by atoms with Gasteiger partial charge in [0.2, 0.25) is 0 Å². The Morgan fingerprint density at radius 1 is 1.17 bits per heavy atom. The molecule has 1 amide bonds. The minimum Gasteiger partial charge on any atom is -0.444 e. The Labute approximate surface area is 138 Å². The predicted molar refractivity (Wildman–Crippen MR) is 90.8 cm³/mol. The average molecular weight is 317 g/mol. The van der Waals surface area contributed by atoms with Crippen LogP contribution in [0, 0.1) is 0 Å². The van der Waals surface area contributed by atoms with Gasteiger partial charge >= 0.3 is 6.09 Å². The molecule has 0 N–H and O–H groups in total. The van der Waals surface area contributed by atoms with E-state index >= 15 is 0 Å². The number of carbonyl (C=O) groups excluding carboxylic acids is 2. The highest BCUT2D eigenvalue weighted by atomic mass is 16.6. The van der Waals surface area contributed by atoms with E-state index in [1.54, 1.807) is 4.90 Å². The molecule has 4 nitrogen and oxygen atoms in total. The smallest absolute Gasteiger partial charge is 0.410 e. The molecule has 0 radical (unpaired) electrons. The molecular weight excluding hydrogens is 290 g/mol. The third kappa shape index (κ3) is 4.34. The first-order valence-electron chi connectivity index (χ1n) is 8.33. The van der Waals surface area contributed by atoms with Gasteiger partial charge < -0.3 is 4.74 Å². The van der Waals surface area contributed by atoms with E-state index in [9.17, 15) is 9.59 Å². The van der Waals surface area contributed by atoms with Crippen LogP contribution < -0.4 is 0 Å². The topological polar surface area (TPSA) is 46.6 Å². The van der Waals surface area contributed by atoms with Crippen molar-refractivity contribution in [2.24, 2.45) is 0 Å². The average Bonchev–Trinajstić information content (AvgIpc) is 2.94. The summed E-state index contributed by atoms with van der Waals surface area (Å²) in [6, 6.07) is 7.30. The molecule has 0 spiro atoms. The number of benzene rings is 1. The highest BCUT2D eigenvalue weighted by Gasteiger charge is 2.36. The van der Waals surface area contributed by atoms with Crippen LogP contribution in [0.5, 0.6) is 0 Å². The Hall–Kier alpha value is -1.84. The van der Waals surface area contributed by atoms with Gasteiger partial charge in [-0.1, -0.05) is 38.1 Å². The number of Topliss-reactive ketones (excluding diaryl/α,β-unsaturated/α-hetero) is 1. The van der Waals surface area contributed by atoms with Crippen molar-refractivity contribution in [3.05, 3.63) is 35.4 Å². The number of rotatable bonds is 3. The van der Waals surface area contributed by atoms with Crippen molar-refractivity contribution >= 4 is 11.9 Å². The third-order valence-corrected chi connectivity index (χ3v) is 4.05. The maximum absolute atomic E-state index is 12.8. The van der Waals surface area contributed by atoms with E-state index in [2.05, 4.69) is 13.8 Å². The molecule has 1 atom stereocenters. The van der Waals surface area contributed by atoms with Crippen LogP contribution in [0.2, 0.25) is 0 Å². The first-order chi connectivity index (χ1) is 10.7. The number of hydrogen-bond acceptors (Lipinski definition) is 3. The van der Waals surface area contributed by atoms with Crippen LogP contribution in [0.15, 0.2) is 24.3 Å². The third-order valence-electron chi connectivity index (χ3n) is 4.05. The van der Waals surface area contributed by atoms with Crippen LogP contribution >= 0.6 is 0 Å². The van der Waals surface area contributed by atoms with Crippen LogP contribution in [0.3, 0.4) is 0 Å². The van der Waals surface area contributed by atoms with Gasteiger partial charge in [0, 0.05) is 12.1 Å². The second-order valence-corrected chi connectivity index (χ2v) is 7.47. The molecule has 4 heteroatoms. The van der Waals surface area contributed by atoms with Crippen LogP contribution in [0.4, 0.5) is 4.79 Å². The summed E-state index contributed by atoms with van der Waals surface area (Å²) in [5.41, 5.74) is 1.32. The minimum atomic E-state index is -0.549. The Morgan fingerprint density at radius 3 is 2.30 bits per heavy atom. The van der Waals surface area contributed by atoms with Crippen LogP contribution in [0.1, 0.15) is 69.3 Å². The number of ether oxygens (including phenoxy) is 1. The maximum Gasteiger partial charge on any atom is 0.410 e. The van der Waals surface area contributed by atoms with Gasteiger partial charge in [-0.15, -0.1) is 0 Å². The highest BCUT2D eigenvalue weighted by molar-refractivity contribution is 6.01. The normalized spacial score (nSPS) is 18.3. The van der Waals surface area contributed by atoms with Gasteiger partial charge in [0.1, 0.15) is 5.60 Å². The van der Waals surface area contributed by atoms with Gasteiger partial charge in [-0.25, -0.2) is 4.79 Å². The van der Waals surface area contributed by atoms with Crippen molar-refractivity contribution in [3.8, 4) is 0 Å². The van der Waals surface area contributed by atoms with E-state index in [-0.39, 0.29) is 5.78 Å². The zero-order valence-electron chi connectivity index (χ0n) is 14.8. The van der Waals surface area contributed by atoms with E-state index in [1.807, 2.05) is 45.0 Å². The molecule has 1 aromatic carbocycles. The van der Waals surface area contributed by atoms with E-state index < -0.39 is 17.7 Å². The Kier molecular flexibility index (Phi) is 5.12. The van der Waals surface area contributed by atoms with Crippen LogP contribution in [0.25, 0.3) is 0 Å². The molecule has 1 aliphatic rings. The first kappa shape index (κ1) is 17.5. The molecule has 23 heavy (non-hydrogen) atoms. The first-order valence-corrected chi connectivity index (χ1v) is 8.33.